The van der Waals surface area contributed by atoms with E-state index in [2.05, 4.69) is 34.5 Å². The summed E-state index contributed by atoms with van der Waals surface area (Å²) in [6, 6.07) is 14.2. The van der Waals surface area contributed by atoms with Crippen molar-refractivity contribution in [1.82, 2.24) is 0 Å². The van der Waals surface area contributed by atoms with Crippen molar-refractivity contribution in [2.45, 2.75) is 0 Å². The topological polar surface area (TPSA) is 62.1 Å². The summed E-state index contributed by atoms with van der Waals surface area (Å²) in [6.07, 6.45) is 3.18. The smallest absolute Gasteiger partial charge is 0.266 e. The molecule has 4 nitrogen and oxygen atoms in total. The summed E-state index contributed by atoms with van der Waals surface area (Å²) in [5.74, 6) is 0.203. The lowest BCUT2D eigenvalue weighted by atomic mass is 10.1. The zero-order chi connectivity index (χ0) is 18.2. The Morgan fingerprint density at radius 2 is 2.12 bits per heavy atom. The van der Waals surface area contributed by atoms with E-state index in [9.17, 15) is 10.1 Å². The molecule has 0 aromatic heterocycles. The molecule has 1 N–H and O–H groups in total. The van der Waals surface area contributed by atoms with E-state index in [0.29, 0.717) is 17.3 Å². The van der Waals surface area contributed by atoms with Crippen LogP contribution < -0.4 is 10.1 Å². The second kappa shape index (κ2) is 9.25. The van der Waals surface area contributed by atoms with Crippen molar-refractivity contribution < 1.29 is 9.53 Å². The van der Waals surface area contributed by atoms with Crippen LogP contribution in [0.2, 0.25) is 5.02 Å². The average molecular weight is 465 g/mol. The van der Waals surface area contributed by atoms with E-state index < -0.39 is 5.91 Å². The first kappa shape index (κ1) is 19.0. The number of nitriles is 1. The Morgan fingerprint density at radius 3 is 2.76 bits per heavy atom. The van der Waals surface area contributed by atoms with Gasteiger partial charge in [-0.25, -0.2) is 0 Å². The van der Waals surface area contributed by atoms with Crippen molar-refractivity contribution in [2.75, 3.05) is 11.9 Å². The number of rotatable bonds is 6. The number of carbonyl (C=O) groups excluding carboxylic acids is 1. The zero-order valence-electron chi connectivity index (χ0n) is 13.1. The molecule has 0 fully saturated rings. The molecule has 126 valence electrons. The van der Waals surface area contributed by atoms with Crippen LogP contribution in [0, 0.1) is 14.9 Å². The Labute approximate surface area is 164 Å². The molecule has 0 saturated heterocycles. The standard InChI is InChI=1S/C19H14ClIN2O2/c1-2-9-25-18-8-7-13(11-16(18)21)10-14(12-22)19(24)23-17-6-4-3-5-15(17)20/h2-8,10-11H,1,9H2,(H,23,24)/b14-10+. The second-order valence-corrected chi connectivity index (χ2v) is 6.46. The van der Waals surface area contributed by atoms with Crippen LogP contribution >= 0.6 is 34.2 Å². The van der Waals surface area contributed by atoms with Crippen molar-refractivity contribution in [2.24, 2.45) is 0 Å². The molecule has 0 aliphatic rings. The number of halogens is 2. The van der Waals surface area contributed by atoms with E-state index >= 15 is 0 Å². The third-order valence-corrected chi connectivity index (χ3v) is 4.28. The molecule has 2 aromatic carbocycles. The highest BCUT2D eigenvalue weighted by Crippen LogP contribution is 2.24. The van der Waals surface area contributed by atoms with Gasteiger partial charge in [0.25, 0.3) is 5.91 Å². The van der Waals surface area contributed by atoms with Crippen LogP contribution in [0.25, 0.3) is 6.08 Å². The summed E-state index contributed by atoms with van der Waals surface area (Å²) in [7, 11) is 0. The van der Waals surface area contributed by atoms with Gasteiger partial charge in [0.1, 0.15) is 24.0 Å². The molecule has 25 heavy (non-hydrogen) atoms. The molecule has 2 rings (SSSR count). The molecule has 0 spiro atoms. The molecule has 0 unspecified atom stereocenters. The molecule has 0 bridgehead atoms. The molecule has 0 atom stereocenters. The maximum Gasteiger partial charge on any atom is 0.266 e. The van der Waals surface area contributed by atoms with Crippen molar-refractivity contribution >= 4 is 51.9 Å². The number of hydrogen-bond donors (Lipinski definition) is 1. The Morgan fingerprint density at radius 1 is 1.36 bits per heavy atom. The summed E-state index contributed by atoms with van der Waals surface area (Å²) in [4.78, 5) is 12.3. The molecule has 0 aliphatic carbocycles. The number of nitrogens with one attached hydrogen (secondary N) is 1. The van der Waals surface area contributed by atoms with Gasteiger partial charge in [0.15, 0.2) is 0 Å². The number of nitrogens with zero attached hydrogens (tertiary/aromatic N) is 1. The number of amides is 1. The lowest BCUT2D eigenvalue weighted by Crippen LogP contribution is -2.13. The molecule has 0 aliphatic heterocycles. The maximum absolute atomic E-state index is 12.3. The van der Waals surface area contributed by atoms with Crippen LogP contribution in [0.4, 0.5) is 5.69 Å². The van der Waals surface area contributed by atoms with Gasteiger partial charge in [-0.3, -0.25) is 4.79 Å². The molecule has 0 radical (unpaired) electrons. The van der Waals surface area contributed by atoms with Crippen LogP contribution in [0.1, 0.15) is 5.56 Å². The minimum atomic E-state index is -0.516. The maximum atomic E-state index is 12.3. The molecule has 0 saturated carbocycles. The number of para-hydroxylation sites is 1. The minimum Gasteiger partial charge on any atom is -0.488 e. The van der Waals surface area contributed by atoms with Crippen molar-refractivity contribution in [1.29, 1.82) is 5.26 Å². The van der Waals surface area contributed by atoms with E-state index in [4.69, 9.17) is 16.3 Å². The van der Waals surface area contributed by atoms with Gasteiger partial charge in [0.05, 0.1) is 14.3 Å². The molecule has 0 heterocycles. The van der Waals surface area contributed by atoms with Crippen LogP contribution in [0.3, 0.4) is 0 Å². The lowest BCUT2D eigenvalue weighted by Gasteiger charge is -2.08. The van der Waals surface area contributed by atoms with E-state index in [1.807, 2.05) is 12.1 Å². The van der Waals surface area contributed by atoms with Gasteiger partial charge < -0.3 is 10.1 Å². The fourth-order valence-corrected chi connectivity index (χ4v) is 2.82. The molecular weight excluding hydrogens is 451 g/mol. The monoisotopic (exact) mass is 464 g/mol. The van der Waals surface area contributed by atoms with Gasteiger partial charge in [-0.05, 0) is 58.5 Å². The first-order valence-electron chi connectivity index (χ1n) is 7.26. The van der Waals surface area contributed by atoms with E-state index in [1.54, 1.807) is 42.5 Å². The summed E-state index contributed by atoms with van der Waals surface area (Å²) < 4.78 is 6.38. The second-order valence-electron chi connectivity index (χ2n) is 4.89. The first-order chi connectivity index (χ1) is 12.0. The zero-order valence-corrected chi connectivity index (χ0v) is 16.0. The van der Waals surface area contributed by atoms with Gasteiger partial charge in [-0.15, -0.1) is 0 Å². The fourth-order valence-electron chi connectivity index (χ4n) is 1.94. The Balaban J connectivity index is 2.21. The Bertz CT molecular complexity index is 872. The van der Waals surface area contributed by atoms with Gasteiger partial charge >= 0.3 is 0 Å². The molecule has 2 aromatic rings. The number of ether oxygens (including phenoxy) is 1. The van der Waals surface area contributed by atoms with Crippen molar-refractivity contribution in [3.63, 3.8) is 0 Å². The predicted octanol–water partition coefficient (Wildman–Crippen LogP) is 5.06. The highest BCUT2D eigenvalue weighted by atomic mass is 127. The largest absolute Gasteiger partial charge is 0.488 e. The summed E-state index contributed by atoms with van der Waals surface area (Å²) in [5.41, 5.74) is 1.16. The SMILES string of the molecule is C=CCOc1ccc(/C=C(\C#N)C(=O)Nc2ccccc2Cl)cc1I. The quantitative estimate of drug-likeness (QED) is 0.281. The highest BCUT2D eigenvalue weighted by molar-refractivity contribution is 14.1. The Hall–Kier alpha value is -2.30. The molecule has 6 heteroatoms. The third-order valence-electron chi connectivity index (χ3n) is 3.11. The summed E-state index contributed by atoms with van der Waals surface area (Å²) >= 11 is 8.15. The number of hydrogen-bond acceptors (Lipinski definition) is 3. The van der Waals surface area contributed by atoms with Crippen LogP contribution in [0.5, 0.6) is 5.75 Å². The van der Waals surface area contributed by atoms with E-state index in [-0.39, 0.29) is 5.57 Å². The van der Waals surface area contributed by atoms with Gasteiger partial charge in [-0.2, -0.15) is 5.26 Å². The van der Waals surface area contributed by atoms with E-state index in [0.717, 1.165) is 14.9 Å². The highest BCUT2D eigenvalue weighted by Gasteiger charge is 2.11. The van der Waals surface area contributed by atoms with Crippen LogP contribution in [-0.2, 0) is 4.79 Å². The minimum absolute atomic E-state index is 0.0181. The summed E-state index contributed by atoms with van der Waals surface area (Å²) in [6.45, 7) is 4.02. The number of carbonyl (C=O) groups is 1. The van der Waals surface area contributed by atoms with Gasteiger partial charge in [0.2, 0.25) is 0 Å². The predicted molar refractivity (Wildman–Crippen MR) is 109 cm³/mol. The molecule has 1 amide bonds. The first-order valence-corrected chi connectivity index (χ1v) is 8.71. The number of anilines is 1. The van der Waals surface area contributed by atoms with Gasteiger partial charge in [-0.1, -0.05) is 42.5 Å². The van der Waals surface area contributed by atoms with Crippen LogP contribution in [0.15, 0.2) is 60.7 Å². The Kier molecular flexibility index (Phi) is 7.04. The van der Waals surface area contributed by atoms with E-state index in [1.165, 1.54) is 6.08 Å². The average Bonchev–Trinajstić information content (AvgIpc) is 2.60. The molecular formula is C19H14ClIN2O2. The lowest BCUT2D eigenvalue weighted by molar-refractivity contribution is -0.112. The number of benzene rings is 2. The normalized spacial score (nSPS) is 10.7. The van der Waals surface area contributed by atoms with Crippen molar-refractivity contribution in [3.8, 4) is 11.8 Å². The van der Waals surface area contributed by atoms with Crippen molar-refractivity contribution in [3.05, 3.63) is 74.8 Å². The fraction of sp³-hybridized carbons (Fsp3) is 0.0526. The van der Waals surface area contributed by atoms with Gasteiger partial charge in [0, 0.05) is 0 Å². The van der Waals surface area contributed by atoms with Crippen LogP contribution in [-0.4, -0.2) is 12.5 Å². The summed E-state index contributed by atoms with van der Waals surface area (Å²) in [5, 5.41) is 12.3. The third kappa shape index (κ3) is 5.34.